The first kappa shape index (κ1) is 28.9. The summed E-state index contributed by atoms with van der Waals surface area (Å²) in [6.45, 7) is 12.5. The molecule has 0 amide bonds. The van der Waals surface area contributed by atoms with Crippen LogP contribution in [0, 0.1) is 20.8 Å². The second kappa shape index (κ2) is 13.3. The lowest BCUT2D eigenvalue weighted by atomic mass is 10.0. The minimum absolute atomic E-state index is 0.168. The van der Waals surface area contributed by atoms with Crippen LogP contribution in [0.5, 0.6) is 17.2 Å². The molecule has 8 heteroatoms. The van der Waals surface area contributed by atoms with Gasteiger partial charge in [-0.1, -0.05) is 19.1 Å². The molecule has 1 aliphatic rings. The second-order valence-corrected chi connectivity index (χ2v) is 10.6. The van der Waals surface area contributed by atoms with E-state index in [1.54, 1.807) is 7.11 Å². The Morgan fingerprint density at radius 3 is 2.72 bits per heavy atom. The third-order valence-corrected chi connectivity index (χ3v) is 7.25. The molecule has 1 N–H and O–H groups in total. The molecule has 3 aromatic rings. The van der Waals surface area contributed by atoms with Gasteiger partial charge in [0.15, 0.2) is 11.5 Å². The van der Waals surface area contributed by atoms with E-state index in [1.165, 1.54) is 5.56 Å². The molecule has 39 heavy (non-hydrogen) atoms. The van der Waals surface area contributed by atoms with Crippen molar-refractivity contribution in [1.29, 1.82) is 0 Å². The van der Waals surface area contributed by atoms with Gasteiger partial charge in [-0.25, -0.2) is 4.98 Å². The predicted molar refractivity (Wildman–Crippen MR) is 152 cm³/mol. The van der Waals surface area contributed by atoms with E-state index in [4.69, 9.17) is 18.9 Å². The summed E-state index contributed by atoms with van der Waals surface area (Å²) in [5, 5.41) is 11.4. The van der Waals surface area contributed by atoms with Crippen molar-refractivity contribution >= 4 is 0 Å². The van der Waals surface area contributed by atoms with Crippen molar-refractivity contribution in [2.24, 2.45) is 0 Å². The molecule has 1 aliphatic heterocycles. The molecular formula is C31H43N3O5. The summed E-state index contributed by atoms with van der Waals surface area (Å²) in [6, 6.07) is 10.2. The fourth-order valence-electron chi connectivity index (χ4n) is 5.05. The second-order valence-electron chi connectivity index (χ2n) is 10.6. The Morgan fingerprint density at radius 1 is 1.08 bits per heavy atom. The highest BCUT2D eigenvalue weighted by Crippen LogP contribution is 2.30. The topological polar surface area (TPSA) is 78.2 Å². The predicted octanol–water partition coefficient (Wildman–Crippen LogP) is 4.49. The van der Waals surface area contributed by atoms with E-state index in [9.17, 15) is 5.11 Å². The molecule has 8 nitrogen and oxygen atoms in total. The van der Waals surface area contributed by atoms with Crippen LogP contribution in [0.2, 0.25) is 0 Å². The van der Waals surface area contributed by atoms with Gasteiger partial charge in [0.25, 0.3) is 0 Å². The Bertz CT molecular complexity index is 1230. The molecule has 0 radical (unpaired) electrons. The van der Waals surface area contributed by atoms with Crippen LogP contribution in [0.1, 0.15) is 41.4 Å². The van der Waals surface area contributed by atoms with Gasteiger partial charge in [0.05, 0.1) is 26.9 Å². The van der Waals surface area contributed by atoms with Gasteiger partial charge in [0.1, 0.15) is 23.8 Å². The number of rotatable bonds is 12. The number of aryl methyl sites for hydroxylation is 4. The number of hydrogen-bond acceptors (Lipinski definition) is 7. The van der Waals surface area contributed by atoms with E-state index in [-0.39, 0.29) is 13.2 Å². The lowest BCUT2D eigenvalue weighted by Gasteiger charge is -2.31. The van der Waals surface area contributed by atoms with Gasteiger partial charge in [-0.2, -0.15) is 0 Å². The van der Waals surface area contributed by atoms with Crippen LogP contribution in [0.4, 0.5) is 0 Å². The van der Waals surface area contributed by atoms with E-state index in [0.717, 1.165) is 59.9 Å². The Kier molecular flexibility index (Phi) is 9.88. The van der Waals surface area contributed by atoms with Gasteiger partial charge < -0.3 is 28.6 Å². The molecule has 1 atom stereocenters. The number of ether oxygens (including phenoxy) is 4. The van der Waals surface area contributed by atoms with Crippen molar-refractivity contribution in [1.82, 2.24) is 14.5 Å². The number of β-amino-alcohol motifs (C(OH)–C–C–N with tert-alkyl or cyclic N) is 1. The number of methoxy groups -OCH3 is 1. The van der Waals surface area contributed by atoms with Crippen LogP contribution in [-0.4, -0.2) is 71.8 Å². The minimum atomic E-state index is -1.11. The molecule has 0 spiro atoms. The van der Waals surface area contributed by atoms with Gasteiger partial charge >= 0.3 is 0 Å². The van der Waals surface area contributed by atoms with E-state index in [0.29, 0.717) is 32.1 Å². The van der Waals surface area contributed by atoms with E-state index in [1.807, 2.05) is 43.6 Å². The molecule has 1 fully saturated rings. The summed E-state index contributed by atoms with van der Waals surface area (Å²) in [5.74, 6) is 3.34. The molecule has 1 unspecified atom stereocenters. The van der Waals surface area contributed by atoms with Gasteiger partial charge in [0, 0.05) is 45.0 Å². The number of hydrogen-bond donors (Lipinski definition) is 1. The van der Waals surface area contributed by atoms with Crippen LogP contribution in [0.3, 0.4) is 0 Å². The highest BCUT2D eigenvalue weighted by Gasteiger charge is 2.34. The lowest BCUT2D eigenvalue weighted by molar-refractivity contribution is -0.0648. The van der Waals surface area contributed by atoms with Crippen molar-refractivity contribution in [2.75, 3.05) is 46.6 Å². The Labute approximate surface area is 232 Å². The number of benzene rings is 2. The van der Waals surface area contributed by atoms with Gasteiger partial charge in [-0.15, -0.1) is 0 Å². The van der Waals surface area contributed by atoms with Crippen LogP contribution in [-0.2, 0) is 24.2 Å². The molecule has 0 aliphatic carbocycles. The fraction of sp³-hybridized carbons (Fsp3) is 0.516. The molecule has 0 saturated carbocycles. The maximum atomic E-state index is 11.4. The zero-order chi connectivity index (χ0) is 27.8. The number of nitrogens with zero attached hydrogens (tertiary/aromatic N) is 3. The SMILES string of the molecule is CCc1nccn1CCCOc1cc(CN2CCOCC(O)(COc3cc(C)cc(C)c3C)C2)ccc1OC. The number of aromatic nitrogens is 2. The summed E-state index contributed by atoms with van der Waals surface area (Å²) < 4.78 is 25.8. The normalized spacial score (nSPS) is 18.1. The average molecular weight is 538 g/mol. The first-order valence-electron chi connectivity index (χ1n) is 13.8. The smallest absolute Gasteiger partial charge is 0.161 e. The summed E-state index contributed by atoms with van der Waals surface area (Å²) in [4.78, 5) is 6.59. The molecule has 0 bridgehead atoms. The summed E-state index contributed by atoms with van der Waals surface area (Å²) in [6.07, 6.45) is 5.64. The quantitative estimate of drug-likeness (QED) is 0.341. The maximum absolute atomic E-state index is 11.4. The zero-order valence-corrected chi connectivity index (χ0v) is 24.0. The molecule has 1 aromatic heterocycles. The molecule has 2 heterocycles. The van der Waals surface area contributed by atoms with Crippen LogP contribution >= 0.6 is 0 Å². The first-order chi connectivity index (χ1) is 18.8. The van der Waals surface area contributed by atoms with Crippen molar-refractivity contribution in [2.45, 2.75) is 59.2 Å². The van der Waals surface area contributed by atoms with E-state index in [2.05, 4.69) is 41.3 Å². The third-order valence-electron chi connectivity index (χ3n) is 7.25. The fourth-order valence-corrected chi connectivity index (χ4v) is 5.05. The monoisotopic (exact) mass is 537 g/mol. The van der Waals surface area contributed by atoms with Gasteiger partial charge in [-0.05, 0) is 67.6 Å². The van der Waals surface area contributed by atoms with Crippen molar-refractivity contribution in [3.05, 3.63) is 70.8 Å². The van der Waals surface area contributed by atoms with E-state index < -0.39 is 5.60 Å². The number of aliphatic hydroxyl groups is 1. The molecule has 1 saturated heterocycles. The average Bonchev–Trinajstić information content (AvgIpc) is 3.29. The molecule has 2 aromatic carbocycles. The zero-order valence-electron chi connectivity index (χ0n) is 24.0. The van der Waals surface area contributed by atoms with Gasteiger partial charge in [0.2, 0.25) is 0 Å². The highest BCUT2D eigenvalue weighted by molar-refractivity contribution is 5.43. The van der Waals surface area contributed by atoms with Gasteiger partial charge in [-0.3, -0.25) is 4.90 Å². The lowest BCUT2D eigenvalue weighted by Crippen LogP contribution is -2.48. The Hall–Kier alpha value is -3.07. The first-order valence-corrected chi connectivity index (χ1v) is 13.8. The minimum Gasteiger partial charge on any atom is -0.493 e. The molecule has 4 rings (SSSR count). The molecular weight excluding hydrogens is 494 g/mol. The van der Waals surface area contributed by atoms with Crippen molar-refractivity contribution in [3.63, 3.8) is 0 Å². The summed E-state index contributed by atoms with van der Waals surface area (Å²) in [5.41, 5.74) is 3.39. The van der Waals surface area contributed by atoms with Crippen molar-refractivity contribution in [3.8, 4) is 17.2 Å². The summed E-state index contributed by atoms with van der Waals surface area (Å²) in [7, 11) is 1.66. The molecule has 212 valence electrons. The highest BCUT2D eigenvalue weighted by atomic mass is 16.5. The van der Waals surface area contributed by atoms with Crippen LogP contribution < -0.4 is 14.2 Å². The Balaban J connectivity index is 1.36. The van der Waals surface area contributed by atoms with Crippen LogP contribution in [0.25, 0.3) is 0 Å². The Morgan fingerprint density at radius 2 is 1.92 bits per heavy atom. The van der Waals surface area contributed by atoms with Crippen LogP contribution in [0.15, 0.2) is 42.7 Å². The standard InChI is InChI=1S/C31H43N3O5/c1-6-30-32-10-12-34(30)11-7-14-38-29-18-26(8-9-27(29)36-5)19-33-13-15-37-21-31(35,20-33)22-39-28-17-23(2)16-24(3)25(28)4/h8-10,12,16-18,35H,6-7,11,13-15,19-22H2,1-5H3. The van der Waals surface area contributed by atoms with Crippen molar-refractivity contribution < 1.29 is 24.1 Å². The largest absolute Gasteiger partial charge is 0.493 e. The van der Waals surface area contributed by atoms with E-state index >= 15 is 0 Å². The summed E-state index contributed by atoms with van der Waals surface area (Å²) >= 11 is 0. The third kappa shape index (κ3) is 7.75. The number of imidazole rings is 1. The maximum Gasteiger partial charge on any atom is 0.161 e.